The summed E-state index contributed by atoms with van der Waals surface area (Å²) < 4.78 is 199. The molecule has 0 aliphatic carbocycles. The van der Waals surface area contributed by atoms with Gasteiger partial charge in [-0.05, 0) is 90.3 Å². The first-order valence-corrected chi connectivity index (χ1v) is 26.2. The maximum absolute atomic E-state index is 14.4. The fraction of sp³-hybridized carbons (Fsp3) is 0.264. The molecule has 0 aliphatic rings. The summed E-state index contributed by atoms with van der Waals surface area (Å²) in [5, 5.41) is 32.8. The second-order valence-corrected chi connectivity index (χ2v) is 20.0. The largest absolute Gasteiger partial charge is 0.483 e. The van der Waals surface area contributed by atoms with E-state index in [0.29, 0.717) is 69.2 Å². The average Bonchev–Trinajstić information content (AvgIpc) is 3.02. The number of nitrogen functional groups attached to an aromatic ring is 2. The predicted molar refractivity (Wildman–Crippen MR) is 285 cm³/mol. The molecule has 3 heterocycles. The number of halogens is 12. The molecule has 9 rings (SSSR count). The second kappa shape index (κ2) is 25.3. The van der Waals surface area contributed by atoms with Gasteiger partial charge in [0.25, 0.3) is 0 Å². The van der Waals surface area contributed by atoms with Crippen LogP contribution in [-0.4, -0.2) is 112 Å². The molecule has 83 heavy (non-hydrogen) atoms. The van der Waals surface area contributed by atoms with Gasteiger partial charge in [0, 0.05) is 40.9 Å². The molecule has 9 aromatic rings. The highest BCUT2D eigenvalue weighted by Crippen LogP contribution is 2.40. The number of aliphatic hydroxyl groups is 2. The van der Waals surface area contributed by atoms with Gasteiger partial charge in [0.2, 0.25) is 10.0 Å². The minimum Gasteiger partial charge on any atom is -0.483 e. The van der Waals surface area contributed by atoms with E-state index in [-0.39, 0.29) is 46.2 Å². The van der Waals surface area contributed by atoms with Crippen LogP contribution < -0.4 is 36.1 Å². The zero-order valence-corrected chi connectivity index (χ0v) is 44.2. The number of para-hydroxylation sites is 2. The van der Waals surface area contributed by atoms with Crippen molar-refractivity contribution in [1.29, 1.82) is 0 Å². The fourth-order valence-corrected chi connectivity index (χ4v) is 8.85. The van der Waals surface area contributed by atoms with Crippen LogP contribution in [0.3, 0.4) is 0 Å². The van der Waals surface area contributed by atoms with Gasteiger partial charge >= 0.3 is 18.5 Å². The lowest BCUT2D eigenvalue weighted by molar-refractivity contribution is -0.154. The molecule has 0 saturated carbocycles. The SMILES string of the molecule is Cn1nc(NS(C)(=O)=O)c2ccc(-c3cccc(F)c3OCC(F)(F)F)cc21.NCCCn1nc(N)c2ccc(-c3cccc(F)c3OCC(F)(F)F)cc21.Nc1nn(CC(O)CO)c2cc(-c3c(F)cccc3OCC(F)(F)F)ccc12. The number of aryl methyl sites for hydroxylation is 2. The Morgan fingerprint density at radius 1 is 0.614 bits per heavy atom. The number of aliphatic hydroxyl groups excluding tert-OH is 2. The highest BCUT2D eigenvalue weighted by molar-refractivity contribution is 7.92. The van der Waals surface area contributed by atoms with Gasteiger partial charge in [-0.2, -0.15) is 54.8 Å². The zero-order valence-electron chi connectivity index (χ0n) is 43.4. The molecule has 444 valence electrons. The van der Waals surface area contributed by atoms with Crippen LogP contribution >= 0.6 is 0 Å². The Morgan fingerprint density at radius 2 is 1.07 bits per heavy atom. The van der Waals surface area contributed by atoms with Crippen molar-refractivity contribution in [2.24, 2.45) is 12.8 Å². The smallest absolute Gasteiger partial charge is 0.422 e. The number of hydrogen-bond acceptors (Lipinski definition) is 13. The minimum atomic E-state index is -4.61. The third kappa shape index (κ3) is 16.0. The topological polar surface area (TPSA) is 246 Å². The number of benzene rings is 6. The third-order valence-electron chi connectivity index (χ3n) is 11.8. The van der Waals surface area contributed by atoms with Gasteiger partial charge in [0.15, 0.2) is 60.4 Å². The van der Waals surface area contributed by atoms with E-state index in [0.717, 1.165) is 24.5 Å². The van der Waals surface area contributed by atoms with Crippen molar-refractivity contribution in [1.82, 2.24) is 29.3 Å². The lowest BCUT2D eigenvalue weighted by Gasteiger charge is -2.14. The lowest BCUT2D eigenvalue weighted by atomic mass is 10.0. The zero-order chi connectivity index (χ0) is 60.8. The third-order valence-corrected chi connectivity index (χ3v) is 12.4. The van der Waals surface area contributed by atoms with Crippen molar-refractivity contribution in [3.63, 3.8) is 0 Å². The number of nitrogens with zero attached hydrogens (tertiary/aromatic N) is 6. The molecule has 0 fully saturated rings. The molecular formula is C53H50F12N10O7S. The van der Waals surface area contributed by atoms with Crippen molar-refractivity contribution in [2.75, 3.05) is 55.4 Å². The summed E-state index contributed by atoms with van der Waals surface area (Å²) in [4.78, 5) is 0. The van der Waals surface area contributed by atoms with Crippen LogP contribution in [0.5, 0.6) is 17.2 Å². The summed E-state index contributed by atoms with van der Waals surface area (Å²) in [5.41, 5.74) is 20.2. The Morgan fingerprint density at radius 3 is 1.59 bits per heavy atom. The predicted octanol–water partition coefficient (Wildman–Crippen LogP) is 10.1. The molecule has 17 nitrogen and oxygen atoms in total. The highest BCUT2D eigenvalue weighted by atomic mass is 32.2. The van der Waals surface area contributed by atoms with Crippen molar-refractivity contribution in [2.45, 2.75) is 44.1 Å². The van der Waals surface area contributed by atoms with Gasteiger partial charge in [-0.1, -0.05) is 48.5 Å². The van der Waals surface area contributed by atoms with Gasteiger partial charge in [-0.15, -0.1) is 0 Å². The number of rotatable bonds is 17. The molecule has 1 atom stereocenters. The molecule has 0 aliphatic heterocycles. The first-order chi connectivity index (χ1) is 38.9. The monoisotopic (exact) mass is 1200 g/mol. The molecular weight excluding hydrogens is 1150 g/mol. The van der Waals surface area contributed by atoms with Crippen LogP contribution in [0, 0.1) is 17.5 Å². The Balaban J connectivity index is 0.000000179. The van der Waals surface area contributed by atoms with Crippen LogP contribution in [0.4, 0.5) is 70.1 Å². The van der Waals surface area contributed by atoms with E-state index in [1.165, 1.54) is 64.0 Å². The highest BCUT2D eigenvalue weighted by Gasteiger charge is 2.32. The van der Waals surface area contributed by atoms with Crippen molar-refractivity contribution < 1.29 is 85.5 Å². The van der Waals surface area contributed by atoms with Gasteiger partial charge in [-0.3, -0.25) is 18.8 Å². The lowest BCUT2D eigenvalue weighted by Crippen LogP contribution is -2.20. The number of hydrogen-bond donors (Lipinski definition) is 6. The molecule has 9 N–H and O–H groups in total. The van der Waals surface area contributed by atoms with Crippen molar-refractivity contribution in [3.05, 3.63) is 127 Å². The number of fused-ring (bicyclic) bond motifs is 3. The van der Waals surface area contributed by atoms with Crippen LogP contribution in [-0.2, 0) is 30.2 Å². The average molecular weight is 1200 g/mol. The molecule has 6 aromatic carbocycles. The molecule has 0 saturated heterocycles. The molecule has 0 amide bonds. The van der Waals surface area contributed by atoms with E-state index in [1.807, 2.05) is 0 Å². The first kappa shape index (κ1) is 62.1. The summed E-state index contributed by atoms with van der Waals surface area (Å²) in [7, 11) is -1.98. The van der Waals surface area contributed by atoms with E-state index in [4.69, 9.17) is 31.8 Å². The number of ether oxygens (including phenoxy) is 3. The number of alkyl halides is 9. The van der Waals surface area contributed by atoms with Crippen LogP contribution in [0.25, 0.3) is 66.1 Å². The number of nitrogens with one attached hydrogen (secondary N) is 1. The quantitative estimate of drug-likeness (QED) is 0.0465. The number of nitrogens with two attached hydrogens (primary N) is 3. The molecule has 30 heteroatoms. The van der Waals surface area contributed by atoms with Gasteiger partial charge in [-0.25, -0.2) is 21.6 Å². The maximum Gasteiger partial charge on any atom is 0.422 e. The van der Waals surface area contributed by atoms with Gasteiger partial charge < -0.3 is 41.6 Å². The summed E-state index contributed by atoms with van der Waals surface area (Å²) in [5.74, 6) is -3.17. The first-order valence-electron chi connectivity index (χ1n) is 24.3. The van der Waals surface area contributed by atoms with Gasteiger partial charge in [0.1, 0.15) is 11.6 Å². The standard InChI is InChI=1S/C18H18F4N4O.C18H17F4N3O3.C17H15F4N3O3S/c19-14-4-1-3-12(16(14)27-10-18(20,21)22)11-5-6-13-15(9-11)26(8-2-7-23)25-17(13)24;19-13-2-1-3-15(28-9-18(20,21)22)16(13)10-4-5-12-14(6-10)25(24-17(12)23)7-11(27)8-26;1-24-14-8-10(6-7-12(14)16(22-24)23-28(2,25)26)11-4-3-5-13(18)15(11)27-9-17(19,20)21/h1,3-6,9H,2,7-8,10,23H2,(H2,24,25);1-6,11,26-27H,7-9H2,(H2,23,24);3-8H,9H2,1-2H3,(H,22,23). The number of sulfonamides is 1. The van der Waals surface area contributed by atoms with Crippen LogP contribution in [0.15, 0.2) is 109 Å². The summed E-state index contributed by atoms with van der Waals surface area (Å²) in [6.07, 6.45) is -13.2. The van der Waals surface area contributed by atoms with Crippen LogP contribution in [0.2, 0.25) is 0 Å². The summed E-state index contributed by atoms with van der Waals surface area (Å²) in [6.45, 7) is -4.32. The summed E-state index contributed by atoms with van der Waals surface area (Å²) in [6, 6.07) is 25.6. The van der Waals surface area contributed by atoms with E-state index in [2.05, 4.69) is 24.8 Å². The van der Waals surface area contributed by atoms with Crippen LogP contribution in [0.1, 0.15) is 6.42 Å². The van der Waals surface area contributed by atoms with E-state index in [9.17, 15) is 66.2 Å². The molecule has 3 aromatic heterocycles. The van der Waals surface area contributed by atoms with E-state index < -0.39 is 90.0 Å². The molecule has 0 radical (unpaired) electrons. The summed E-state index contributed by atoms with van der Waals surface area (Å²) >= 11 is 0. The van der Waals surface area contributed by atoms with Crippen molar-refractivity contribution in [3.8, 4) is 50.6 Å². The Kier molecular flexibility index (Phi) is 19.0. The maximum atomic E-state index is 14.4. The minimum absolute atomic E-state index is 0.0671. The molecule has 1 unspecified atom stereocenters. The normalized spacial score (nSPS) is 12.4. The Bertz CT molecular complexity index is 3870. The van der Waals surface area contributed by atoms with Crippen molar-refractivity contribution >= 4 is 60.2 Å². The fourth-order valence-electron chi connectivity index (χ4n) is 8.34. The Labute approximate surface area is 463 Å². The number of aromatic nitrogens is 6. The van der Waals surface area contributed by atoms with Gasteiger partial charge in [0.05, 0.1) is 47.6 Å². The second-order valence-electron chi connectivity index (χ2n) is 18.3. The van der Waals surface area contributed by atoms with E-state index >= 15 is 0 Å². The Hall–Kier alpha value is -8.48. The molecule has 0 spiro atoms. The van der Waals surface area contributed by atoms with E-state index in [1.54, 1.807) is 48.1 Å². The molecule has 0 bridgehead atoms. The number of anilines is 3.